The molecule has 1 aromatic heterocycles. The summed E-state index contributed by atoms with van der Waals surface area (Å²) < 4.78 is 0. The number of hydrogen-bond donors (Lipinski definition) is 3. The van der Waals surface area contributed by atoms with Crippen molar-refractivity contribution in [2.75, 3.05) is 11.1 Å². The van der Waals surface area contributed by atoms with Gasteiger partial charge in [0.15, 0.2) is 0 Å². The van der Waals surface area contributed by atoms with Crippen molar-refractivity contribution in [2.24, 2.45) is 28.8 Å². The van der Waals surface area contributed by atoms with Gasteiger partial charge in [0.25, 0.3) is 0 Å². The minimum absolute atomic E-state index is 0.0317. The number of amides is 1. The van der Waals surface area contributed by atoms with Crippen LogP contribution in [0.3, 0.4) is 0 Å². The van der Waals surface area contributed by atoms with Gasteiger partial charge in [-0.3, -0.25) is 4.79 Å². The van der Waals surface area contributed by atoms with E-state index in [4.69, 9.17) is 5.73 Å². The molecule has 1 heterocycles. The molecule has 128 valence electrons. The standard InChI is InChI=1S/C15H20BrN7O/c16-6-18-23-13(24)12-20-14(17)22-15(21-12)19-11-9-2-7-1-8(4-9)5-10(11)3-7/h6-11H,1-5H2,(H,23,24)(H3,17,19,20,21,22)/b18-6+. The van der Waals surface area contributed by atoms with E-state index in [1.54, 1.807) is 0 Å². The highest BCUT2D eigenvalue weighted by atomic mass is 79.9. The van der Waals surface area contributed by atoms with Crippen LogP contribution in [-0.4, -0.2) is 32.0 Å². The minimum Gasteiger partial charge on any atom is -0.368 e. The molecule has 4 aliphatic rings. The Morgan fingerprint density at radius 3 is 2.42 bits per heavy atom. The third kappa shape index (κ3) is 2.97. The SMILES string of the molecule is Nc1nc(NC2C3CC4CC(C3)CC2C4)nc(C(=O)N/N=C/Br)n1. The van der Waals surface area contributed by atoms with Crippen LogP contribution in [0.5, 0.6) is 0 Å². The Balaban J connectivity index is 1.52. The summed E-state index contributed by atoms with van der Waals surface area (Å²) in [6.07, 6.45) is 6.57. The third-order valence-corrected chi connectivity index (χ3v) is 5.80. The topological polar surface area (TPSA) is 118 Å². The summed E-state index contributed by atoms with van der Waals surface area (Å²) in [6, 6.07) is 0.371. The molecule has 4 bridgehead atoms. The lowest BCUT2D eigenvalue weighted by Crippen LogP contribution is -2.51. The molecule has 9 heteroatoms. The molecule has 0 atom stereocenters. The van der Waals surface area contributed by atoms with Gasteiger partial charge in [-0.05, 0) is 71.7 Å². The number of aromatic nitrogens is 3. The van der Waals surface area contributed by atoms with Gasteiger partial charge in [-0.1, -0.05) is 0 Å². The number of hydrazone groups is 1. The van der Waals surface area contributed by atoms with Crippen molar-refractivity contribution >= 4 is 38.9 Å². The zero-order chi connectivity index (χ0) is 16.7. The summed E-state index contributed by atoms with van der Waals surface area (Å²) in [5, 5.41) is 8.35. The molecule has 8 nitrogen and oxygen atoms in total. The molecule has 0 spiro atoms. The summed E-state index contributed by atoms with van der Waals surface area (Å²) in [4.78, 5) is 24.2. The van der Waals surface area contributed by atoms with Gasteiger partial charge in [0.1, 0.15) is 0 Å². The van der Waals surface area contributed by atoms with E-state index < -0.39 is 5.91 Å². The number of halogens is 1. The van der Waals surface area contributed by atoms with Crippen LogP contribution in [0.1, 0.15) is 42.7 Å². The molecular weight excluding hydrogens is 374 g/mol. The molecule has 0 aliphatic heterocycles. The van der Waals surface area contributed by atoms with E-state index in [2.05, 4.69) is 46.7 Å². The second kappa shape index (κ2) is 6.27. The van der Waals surface area contributed by atoms with Crippen molar-refractivity contribution < 1.29 is 4.79 Å². The highest BCUT2D eigenvalue weighted by molar-refractivity contribution is 9.17. The Hall–Kier alpha value is -1.77. The molecule has 4 saturated carbocycles. The van der Waals surface area contributed by atoms with Crippen molar-refractivity contribution in [3.8, 4) is 0 Å². The van der Waals surface area contributed by atoms with E-state index in [1.165, 1.54) is 37.2 Å². The second-order valence-electron chi connectivity index (χ2n) is 7.11. The first-order valence-corrected chi connectivity index (χ1v) is 9.24. The largest absolute Gasteiger partial charge is 0.368 e. The number of nitrogens with one attached hydrogen (secondary N) is 2. The van der Waals surface area contributed by atoms with Crippen LogP contribution in [0.15, 0.2) is 5.10 Å². The van der Waals surface area contributed by atoms with Crippen LogP contribution in [0, 0.1) is 23.7 Å². The molecule has 0 radical (unpaired) electrons. The first-order chi connectivity index (χ1) is 11.6. The molecule has 4 fully saturated rings. The van der Waals surface area contributed by atoms with Crippen LogP contribution < -0.4 is 16.5 Å². The number of rotatable bonds is 4. The first-order valence-electron chi connectivity index (χ1n) is 8.32. The Kier molecular flexibility index (Phi) is 4.11. The van der Waals surface area contributed by atoms with E-state index in [0.29, 0.717) is 23.8 Å². The number of anilines is 2. The lowest BCUT2D eigenvalue weighted by atomic mass is 9.54. The van der Waals surface area contributed by atoms with Crippen LogP contribution >= 0.6 is 15.9 Å². The van der Waals surface area contributed by atoms with Gasteiger partial charge in [-0.2, -0.15) is 20.1 Å². The normalized spacial score (nSPS) is 33.8. The van der Waals surface area contributed by atoms with E-state index >= 15 is 0 Å². The molecule has 1 amide bonds. The molecule has 1 aromatic rings. The predicted molar refractivity (Wildman–Crippen MR) is 93.6 cm³/mol. The second-order valence-corrected chi connectivity index (χ2v) is 7.52. The molecular formula is C15H20BrN7O. The van der Waals surface area contributed by atoms with Gasteiger partial charge in [-0.25, -0.2) is 5.43 Å². The fourth-order valence-corrected chi connectivity index (χ4v) is 5.10. The highest BCUT2D eigenvalue weighted by Gasteiger charge is 2.48. The van der Waals surface area contributed by atoms with Crippen molar-refractivity contribution in [1.82, 2.24) is 20.4 Å². The molecule has 0 saturated heterocycles. The summed E-state index contributed by atoms with van der Waals surface area (Å²) >= 11 is 2.98. The smallest absolute Gasteiger partial charge is 0.309 e. The van der Waals surface area contributed by atoms with Gasteiger partial charge in [-0.15, -0.1) is 0 Å². The molecule has 0 unspecified atom stereocenters. The minimum atomic E-state index is -0.520. The lowest BCUT2D eigenvalue weighted by molar-refractivity contribution is 0.00728. The molecule has 0 aromatic carbocycles. The van der Waals surface area contributed by atoms with Gasteiger partial charge in [0, 0.05) is 6.04 Å². The van der Waals surface area contributed by atoms with Crippen LogP contribution in [0.4, 0.5) is 11.9 Å². The van der Waals surface area contributed by atoms with Gasteiger partial charge in [0.05, 0.1) is 5.12 Å². The number of nitrogens with two attached hydrogens (primary N) is 1. The zero-order valence-corrected chi connectivity index (χ0v) is 14.7. The molecule has 4 N–H and O–H groups in total. The number of nitrogens with zero attached hydrogens (tertiary/aromatic N) is 4. The zero-order valence-electron chi connectivity index (χ0n) is 13.2. The molecule has 4 aliphatic carbocycles. The lowest BCUT2D eigenvalue weighted by Gasteiger charge is -2.54. The number of carbonyl (C=O) groups excluding carboxylic acids is 1. The van der Waals surface area contributed by atoms with E-state index in [1.807, 2.05) is 0 Å². The number of carbonyl (C=O) groups is 1. The quantitative estimate of drug-likeness (QED) is 0.529. The Labute approximate surface area is 148 Å². The fraction of sp³-hybridized carbons (Fsp3) is 0.667. The summed E-state index contributed by atoms with van der Waals surface area (Å²) in [5.41, 5.74) is 8.05. The van der Waals surface area contributed by atoms with Crippen molar-refractivity contribution in [3.63, 3.8) is 0 Å². The Bertz CT molecular complexity index is 652. The van der Waals surface area contributed by atoms with Gasteiger partial charge in [0.2, 0.25) is 17.7 Å². The van der Waals surface area contributed by atoms with Crippen LogP contribution in [0.25, 0.3) is 0 Å². The van der Waals surface area contributed by atoms with E-state index in [0.717, 1.165) is 11.8 Å². The van der Waals surface area contributed by atoms with E-state index in [9.17, 15) is 4.79 Å². The highest BCUT2D eigenvalue weighted by Crippen LogP contribution is 2.54. The summed E-state index contributed by atoms with van der Waals surface area (Å²) in [7, 11) is 0. The van der Waals surface area contributed by atoms with Crippen molar-refractivity contribution in [3.05, 3.63) is 5.82 Å². The Morgan fingerprint density at radius 2 is 1.79 bits per heavy atom. The maximum atomic E-state index is 12.0. The summed E-state index contributed by atoms with van der Waals surface area (Å²) in [6.45, 7) is 0. The molecule has 5 rings (SSSR count). The van der Waals surface area contributed by atoms with Crippen molar-refractivity contribution in [2.45, 2.75) is 38.1 Å². The van der Waals surface area contributed by atoms with Crippen LogP contribution in [0.2, 0.25) is 0 Å². The predicted octanol–water partition coefficient (Wildman–Crippen LogP) is 1.76. The van der Waals surface area contributed by atoms with Gasteiger partial charge < -0.3 is 11.1 Å². The van der Waals surface area contributed by atoms with Gasteiger partial charge >= 0.3 is 5.91 Å². The van der Waals surface area contributed by atoms with E-state index in [-0.39, 0.29) is 11.8 Å². The van der Waals surface area contributed by atoms with Crippen molar-refractivity contribution in [1.29, 1.82) is 0 Å². The Morgan fingerprint density at radius 1 is 1.12 bits per heavy atom. The number of nitrogen functional groups attached to an aromatic ring is 1. The maximum Gasteiger partial charge on any atom is 0.309 e. The maximum absolute atomic E-state index is 12.0. The average Bonchev–Trinajstić information content (AvgIpc) is 2.55. The molecule has 24 heavy (non-hydrogen) atoms. The fourth-order valence-electron chi connectivity index (χ4n) is 5.00. The first kappa shape index (κ1) is 15.7. The monoisotopic (exact) mass is 393 g/mol. The summed E-state index contributed by atoms with van der Waals surface area (Å²) in [5.74, 6) is 3.01. The number of hydrogen-bond acceptors (Lipinski definition) is 7. The third-order valence-electron chi connectivity index (χ3n) is 5.59. The average molecular weight is 394 g/mol. The van der Waals surface area contributed by atoms with Crippen LogP contribution in [-0.2, 0) is 0 Å².